The van der Waals surface area contributed by atoms with Gasteiger partial charge in [-0.2, -0.15) is 0 Å². The van der Waals surface area contributed by atoms with E-state index in [1.54, 1.807) is 18.2 Å². The van der Waals surface area contributed by atoms with Gasteiger partial charge < -0.3 is 5.32 Å². The summed E-state index contributed by atoms with van der Waals surface area (Å²) in [6, 6.07) is 5.04. The Kier molecular flexibility index (Phi) is 4.16. The molecule has 0 saturated heterocycles. The molecule has 0 aliphatic carbocycles. The van der Waals surface area contributed by atoms with Gasteiger partial charge in [-0.25, -0.2) is 4.98 Å². The number of halogens is 3. The normalized spacial score (nSPS) is 10.2. The van der Waals surface area contributed by atoms with Crippen molar-refractivity contribution in [3.05, 3.63) is 50.9 Å². The lowest BCUT2D eigenvalue weighted by Gasteiger charge is -2.07. The van der Waals surface area contributed by atoms with Crippen LogP contribution in [0.15, 0.2) is 35.1 Å². The summed E-state index contributed by atoms with van der Waals surface area (Å²) in [5.41, 5.74) is 0.732. The number of nitrogens with one attached hydrogen (secondary N) is 1. The fourth-order valence-corrected chi connectivity index (χ4v) is 2.16. The summed E-state index contributed by atoms with van der Waals surface area (Å²) in [5, 5.41) is 3.41. The summed E-state index contributed by atoms with van der Waals surface area (Å²) >= 11 is 14.8. The SMILES string of the molecule is O=C(Nc1ccc(Cl)cc1Br)c1cncc(Cl)n1. The highest BCUT2D eigenvalue weighted by Crippen LogP contribution is 2.26. The van der Waals surface area contributed by atoms with Gasteiger partial charge in [-0.3, -0.25) is 9.78 Å². The van der Waals surface area contributed by atoms with Crippen LogP contribution in [0.3, 0.4) is 0 Å². The highest BCUT2D eigenvalue weighted by molar-refractivity contribution is 9.10. The maximum atomic E-state index is 11.9. The Labute approximate surface area is 121 Å². The number of carbonyl (C=O) groups excluding carboxylic acids is 1. The number of rotatable bonds is 2. The van der Waals surface area contributed by atoms with Crippen molar-refractivity contribution in [2.45, 2.75) is 0 Å². The van der Waals surface area contributed by atoms with Crippen molar-refractivity contribution in [2.75, 3.05) is 5.32 Å². The molecule has 0 spiro atoms. The predicted molar refractivity (Wildman–Crippen MR) is 74.1 cm³/mol. The summed E-state index contributed by atoms with van der Waals surface area (Å²) in [6.07, 6.45) is 2.70. The highest BCUT2D eigenvalue weighted by atomic mass is 79.9. The lowest BCUT2D eigenvalue weighted by Crippen LogP contribution is -2.14. The first-order chi connectivity index (χ1) is 8.56. The molecule has 1 N–H and O–H groups in total. The third kappa shape index (κ3) is 3.19. The second-order valence-electron chi connectivity index (χ2n) is 3.31. The molecule has 2 aromatic rings. The molecule has 0 unspecified atom stereocenters. The van der Waals surface area contributed by atoms with E-state index in [1.807, 2.05) is 0 Å². The van der Waals surface area contributed by atoms with E-state index < -0.39 is 5.91 Å². The average molecular weight is 347 g/mol. The fourth-order valence-electron chi connectivity index (χ4n) is 1.23. The van der Waals surface area contributed by atoms with Crippen molar-refractivity contribution in [1.29, 1.82) is 0 Å². The minimum atomic E-state index is -0.395. The van der Waals surface area contributed by atoms with E-state index in [0.717, 1.165) is 0 Å². The number of amides is 1. The van der Waals surface area contributed by atoms with Gasteiger partial charge in [0.1, 0.15) is 10.8 Å². The minimum absolute atomic E-state index is 0.143. The van der Waals surface area contributed by atoms with Gasteiger partial charge in [-0.15, -0.1) is 0 Å². The van der Waals surface area contributed by atoms with Crippen LogP contribution in [0.4, 0.5) is 5.69 Å². The molecule has 0 aliphatic heterocycles. The Morgan fingerprint density at radius 1 is 1.28 bits per heavy atom. The van der Waals surface area contributed by atoms with E-state index in [1.165, 1.54) is 12.4 Å². The van der Waals surface area contributed by atoms with Gasteiger partial charge >= 0.3 is 0 Å². The molecule has 0 aliphatic rings. The number of aromatic nitrogens is 2. The predicted octanol–water partition coefficient (Wildman–Crippen LogP) is 3.80. The molecule has 1 amide bonds. The molecule has 18 heavy (non-hydrogen) atoms. The van der Waals surface area contributed by atoms with Gasteiger partial charge in [-0.1, -0.05) is 23.2 Å². The van der Waals surface area contributed by atoms with Crippen molar-refractivity contribution in [3.8, 4) is 0 Å². The fraction of sp³-hybridized carbons (Fsp3) is 0. The van der Waals surface area contributed by atoms with Crippen LogP contribution in [0.25, 0.3) is 0 Å². The van der Waals surface area contributed by atoms with E-state index in [4.69, 9.17) is 23.2 Å². The van der Waals surface area contributed by atoms with Crippen LogP contribution in [0.5, 0.6) is 0 Å². The Balaban J connectivity index is 2.21. The molecule has 1 aromatic heterocycles. The van der Waals surface area contributed by atoms with Crippen LogP contribution in [0, 0.1) is 0 Å². The van der Waals surface area contributed by atoms with E-state index in [9.17, 15) is 4.79 Å². The lowest BCUT2D eigenvalue weighted by atomic mass is 10.3. The monoisotopic (exact) mass is 345 g/mol. The van der Waals surface area contributed by atoms with Crippen molar-refractivity contribution >= 4 is 50.7 Å². The van der Waals surface area contributed by atoms with E-state index >= 15 is 0 Å². The van der Waals surface area contributed by atoms with Gasteiger partial charge in [0, 0.05) is 9.50 Å². The van der Waals surface area contributed by atoms with E-state index in [0.29, 0.717) is 15.2 Å². The van der Waals surface area contributed by atoms with Crippen molar-refractivity contribution in [1.82, 2.24) is 9.97 Å². The molecule has 0 radical (unpaired) electrons. The lowest BCUT2D eigenvalue weighted by molar-refractivity contribution is 0.102. The van der Waals surface area contributed by atoms with Crippen molar-refractivity contribution in [3.63, 3.8) is 0 Å². The number of benzene rings is 1. The summed E-state index contributed by atoms with van der Waals surface area (Å²) < 4.78 is 0.679. The van der Waals surface area contributed by atoms with E-state index in [-0.39, 0.29) is 10.8 Å². The first-order valence-corrected chi connectivity index (χ1v) is 6.35. The zero-order valence-corrected chi connectivity index (χ0v) is 11.9. The van der Waals surface area contributed by atoms with Crippen molar-refractivity contribution in [2.24, 2.45) is 0 Å². The molecule has 1 aromatic carbocycles. The molecule has 7 heteroatoms. The van der Waals surface area contributed by atoms with Gasteiger partial charge in [0.15, 0.2) is 0 Å². The maximum absolute atomic E-state index is 11.9. The third-order valence-corrected chi connectivity index (χ3v) is 3.09. The van der Waals surface area contributed by atoms with Crippen LogP contribution in [0.2, 0.25) is 10.2 Å². The average Bonchev–Trinajstić information content (AvgIpc) is 2.32. The quantitative estimate of drug-likeness (QED) is 0.899. The second kappa shape index (κ2) is 5.65. The number of hydrogen-bond donors (Lipinski definition) is 1. The summed E-state index contributed by atoms with van der Waals surface area (Å²) in [7, 11) is 0. The van der Waals surface area contributed by atoms with Crippen LogP contribution < -0.4 is 5.32 Å². The third-order valence-electron chi connectivity index (χ3n) is 2.02. The maximum Gasteiger partial charge on any atom is 0.275 e. The first kappa shape index (κ1) is 13.3. The Hall–Kier alpha value is -1.17. The molecular formula is C11H6BrCl2N3O. The summed E-state index contributed by atoms with van der Waals surface area (Å²) in [6.45, 7) is 0. The molecule has 0 atom stereocenters. The van der Waals surface area contributed by atoms with Crippen LogP contribution in [0.1, 0.15) is 10.5 Å². The largest absolute Gasteiger partial charge is 0.320 e. The van der Waals surface area contributed by atoms with Crippen molar-refractivity contribution < 1.29 is 4.79 Å². The molecule has 1 heterocycles. The smallest absolute Gasteiger partial charge is 0.275 e. The zero-order chi connectivity index (χ0) is 13.1. The summed E-state index contributed by atoms with van der Waals surface area (Å²) in [4.78, 5) is 19.5. The topological polar surface area (TPSA) is 54.9 Å². The molecule has 0 saturated carbocycles. The molecule has 0 bridgehead atoms. The Bertz CT molecular complexity index is 607. The van der Waals surface area contributed by atoms with Gasteiger partial charge in [0.05, 0.1) is 18.1 Å². The molecule has 92 valence electrons. The van der Waals surface area contributed by atoms with Crippen LogP contribution >= 0.6 is 39.1 Å². The first-order valence-electron chi connectivity index (χ1n) is 4.80. The Morgan fingerprint density at radius 2 is 2.06 bits per heavy atom. The van der Waals surface area contributed by atoms with Gasteiger partial charge in [0.25, 0.3) is 5.91 Å². The van der Waals surface area contributed by atoms with Gasteiger partial charge in [0.2, 0.25) is 0 Å². The Morgan fingerprint density at radius 3 is 2.72 bits per heavy atom. The number of hydrogen-bond acceptors (Lipinski definition) is 3. The highest BCUT2D eigenvalue weighted by Gasteiger charge is 2.10. The number of nitrogens with zero attached hydrogens (tertiary/aromatic N) is 2. The zero-order valence-electron chi connectivity index (χ0n) is 8.82. The standard InChI is InChI=1S/C11H6BrCl2N3O/c12-7-3-6(13)1-2-8(7)17-11(18)9-4-15-5-10(14)16-9/h1-5H,(H,17,18). The molecular weight excluding hydrogens is 341 g/mol. The number of carbonyl (C=O) groups is 1. The second-order valence-corrected chi connectivity index (χ2v) is 4.98. The summed E-state index contributed by atoms with van der Waals surface area (Å²) in [5.74, 6) is -0.395. The van der Waals surface area contributed by atoms with Gasteiger partial charge in [-0.05, 0) is 34.1 Å². The molecule has 2 rings (SSSR count). The molecule has 0 fully saturated rings. The van der Waals surface area contributed by atoms with Crippen LogP contribution in [-0.4, -0.2) is 15.9 Å². The van der Waals surface area contributed by atoms with Crippen LogP contribution in [-0.2, 0) is 0 Å². The van der Waals surface area contributed by atoms with E-state index in [2.05, 4.69) is 31.2 Å². The number of anilines is 1. The minimum Gasteiger partial charge on any atom is -0.320 e. The molecule has 4 nitrogen and oxygen atoms in total.